The molecular weight excluding hydrogens is 306 g/mol. The lowest BCUT2D eigenvalue weighted by Crippen LogP contribution is -2.45. The minimum absolute atomic E-state index is 0.0000259. The molecule has 0 bridgehead atoms. The number of hydrogen-bond donors (Lipinski definition) is 1. The van der Waals surface area contributed by atoms with Gasteiger partial charge in [0.2, 0.25) is 0 Å². The first-order valence-corrected chi connectivity index (χ1v) is 9.03. The van der Waals surface area contributed by atoms with E-state index >= 15 is 0 Å². The van der Waals surface area contributed by atoms with Crippen LogP contribution in [-0.2, 0) is 0 Å². The molecule has 1 N–H and O–H groups in total. The summed E-state index contributed by atoms with van der Waals surface area (Å²) in [5.41, 5.74) is 3.34. The van der Waals surface area contributed by atoms with Crippen LogP contribution in [0, 0.1) is 0 Å². The van der Waals surface area contributed by atoms with Crippen molar-refractivity contribution in [2.75, 3.05) is 24.6 Å². The maximum absolute atomic E-state index is 12.3. The van der Waals surface area contributed by atoms with Gasteiger partial charge in [-0.05, 0) is 29.7 Å². The van der Waals surface area contributed by atoms with Gasteiger partial charge in [-0.3, -0.25) is 4.98 Å². The molecule has 0 saturated carbocycles. The summed E-state index contributed by atoms with van der Waals surface area (Å²) < 4.78 is 0. The normalized spacial score (nSPS) is 16.0. The highest BCUT2D eigenvalue weighted by molar-refractivity contribution is 7.99. The van der Waals surface area contributed by atoms with Crippen LogP contribution >= 0.6 is 11.8 Å². The molecule has 0 spiro atoms. The fraction of sp³-hybridized carbons (Fsp3) is 0.333. The van der Waals surface area contributed by atoms with Crippen molar-refractivity contribution in [2.45, 2.75) is 13.0 Å². The van der Waals surface area contributed by atoms with E-state index in [1.54, 1.807) is 6.20 Å². The number of thioether (sulfide) groups is 1. The van der Waals surface area contributed by atoms with E-state index in [2.05, 4.69) is 34.6 Å². The van der Waals surface area contributed by atoms with E-state index in [-0.39, 0.29) is 12.1 Å². The number of urea groups is 1. The minimum Gasteiger partial charge on any atom is -0.331 e. The number of carbonyl (C=O) groups excluding carboxylic acids is 1. The molecule has 1 fully saturated rings. The minimum atomic E-state index is 0.0000259. The van der Waals surface area contributed by atoms with Crippen LogP contribution in [0.1, 0.15) is 18.5 Å². The zero-order chi connectivity index (χ0) is 16.1. The van der Waals surface area contributed by atoms with Crippen molar-refractivity contribution in [3.05, 3.63) is 54.4 Å². The number of amides is 2. The van der Waals surface area contributed by atoms with Gasteiger partial charge < -0.3 is 10.2 Å². The van der Waals surface area contributed by atoms with Crippen LogP contribution < -0.4 is 5.32 Å². The number of aromatic nitrogens is 1. The summed E-state index contributed by atoms with van der Waals surface area (Å²) in [6.45, 7) is 3.70. The van der Waals surface area contributed by atoms with E-state index in [0.29, 0.717) is 0 Å². The molecule has 0 aliphatic carbocycles. The average Bonchev–Trinajstić information content (AvgIpc) is 2.63. The van der Waals surface area contributed by atoms with E-state index in [4.69, 9.17) is 0 Å². The van der Waals surface area contributed by atoms with Crippen molar-refractivity contribution in [2.24, 2.45) is 0 Å². The Morgan fingerprint density at radius 1 is 1.17 bits per heavy atom. The highest BCUT2D eigenvalue weighted by atomic mass is 32.2. The molecule has 3 rings (SSSR count). The summed E-state index contributed by atoms with van der Waals surface area (Å²) in [5.74, 6) is 2.06. The number of rotatable bonds is 3. The zero-order valence-corrected chi connectivity index (χ0v) is 14.1. The van der Waals surface area contributed by atoms with Gasteiger partial charge in [0, 0.05) is 37.0 Å². The van der Waals surface area contributed by atoms with Crippen LogP contribution in [0.5, 0.6) is 0 Å². The number of benzene rings is 1. The smallest absolute Gasteiger partial charge is 0.317 e. The summed E-state index contributed by atoms with van der Waals surface area (Å²) in [7, 11) is 0. The Bertz CT molecular complexity index is 639. The van der Waals surface area contributed by atoms with E-state index in [1.165, 1.54) is 0 Å². The third-order valence-corrected chi connectivity index (χ3v) is 4.99. The number of pyridine rings is 1. The van der Waals surface area contributed by atoms with Crippen molar-refractivity contribution >= 4 is 17.8 Å². The molecule has 2 aromatic rings. The van der Waals surface area contributed by atoms with E-state index in [1.807, 2.05) is 41.9 Å². The lowest BCUT2D eigenvalue weighted by molar-refractivity contribution is 0.200. The maximum Gasteiger partial charge on any atom is 0.317 e. The molecule has 5 heteroatoms. The van der Waals surface area contributed by atoms with Gasteiger partial charge in [-0.15, -0.1) is 0 Å². The predicted octanol–water partition coefficient (Wildman–Crippen LogP) is 3.57. The summed E-state index contributed by atoms with van der Waals surface area (Å²) in [4.78, 5) is 18.3. The van der Waals surface area contributed by atoms with Crippen LogP contribution in [0.3, 0.4) is 0 Å². The second-order valence-corrected chi connectivity index (χ2v) is 6.86. The quantitative estimate of drug-likeness (QED) is 0.937. The Morgan fingerprint density at radius 2 is 1.91 bits per heavy atom. The Kier molecular flexibility index (Phi) is 5.18. The van der Waals surface area contributed by atoms with Crippen LogP contribution in [0.4, 0.5) is 4.79 Å². The Morgan fingerprint density at radius 3 is 2.57 bits per heavy atom. The van der Waals surface area contributed by atoms with Crippen LogP contribution in [0.2, 0.25) is 0 Å². The molecule has 1 aliphatic rings. The number of nitrogens with zero attached hydrogens (tertiary/aromatic N) is 2. The highest BCUT2D eigenvalue weighted by Crippen LogP contribution is 2.21. The van der Waals surface area contributed by atoms with Crippen molar-refractivity contribution in [1.29, 1.82) is 0 Å². The van der Waals surface area contributed by atoms with Gasteiger partial charge in [0.15, 0.2) is 0 Å². The third-order valence-electron chi connectivity index (χ3n) is 4.04. The van der Waals surface area contributed by atoms with Gasteiger partial charge in [0.1, 0.15) is 0 Å². The Hall–Kier alpha value is -2.01. The van der Waals surface area contributed by atoms with Crippen LogP contribution in [0.25, 0.3) is 11.1 Å². The molecule has 1 atom stereocenters. The fourth-order valence-corrected chi connectivity index (χ4v) is 3.53. The highest BCUT2D eigenvalue weighted by Gasteiger charge is 2.18. The molecule has 1 aliphatic heterocycles. The average molecular weight is 327 g/mol. The predicted molar refractivity (Wildman–Crippen MR) is 95.5 cm³/mol. The van der Waals surface area contributed by atoms with Gasteiger partial charge in [-0.1, -0.05) is 30.3 Å². The monoisotopic (exact) mass is 327 g/mol. The van der Waals surface area contributed by atoms with Crippen molar-refractivity contribution in [3.8, 4) is 11.1 Å². The van der Waals surface area contributed by atoms with Gasteiger partial charge in [0.05, 0.1) is 6.04 Å². The second kappa shape index (κ2) is 7.51. The standard InChI is InChI=1S/C18H21N3OS/c1-14(20-18(22)21-9-11-23-12-10-21)15-4-6-16(7-5-15)17-3-2-8-19-13-17/h2-8,13-14H,9-12H2,1H3,(H,20,22)/t14-/m1/s1. The molecule has 0 radical (unpaired) electrons. The molecule has 0 unspecified atom stereocenters. The first kappa shape index (κ1) is 15.9. The van der Waals surface area contributed by atoms with Gasteiger partial charge >= 0.3 is 6.03 Å². The molecule has 2 amide bonds. The summed E-state index contributed by atoms with van der Waals surface area (Å²) in [6.07, 6.45) is 3.63. The van der Waals surface area contributed by atoms with Gasteiger partial charge in [-0.2, -0.15) is 11.8 Å². The summed E-state index contributed by atoms with van der Waals surface area (Å²) in [6, 6.07) is 12.3. The molecule has 2 heterocycles. The largest absolute Gasteiger partial charge is 0.331 e. The second-order valence-electron chi connectivity index (χ2n) is 5.63. The van der Waals surface area contributed by atoms with Gasteiger partial charge in [-0.25, -0.2) is 4.79 Å². The molecule has 4 nitrogen and oxygen atoms in total. The molecule has 1 aromatic carbocycles. The number of hydrogen-bond acceptors (Lipinski definition) is 3. The Balaban J connectivity index is 1.63. The molecule has 1 saturated heterocycles. The van der Waals surface area contributed by atoms with Crippen molar-refractivity contribution in [3.63, 3.8) is 0 Å². The maximum atomic E-state index is 12.3. The lowest BCUT2D eigenvalue weighted by atomic mass is 10.0. The Labute approximate surface area is 141 Å². The van der Waals surface area contributed by atoms with Crippen molar-refractivity contribution < 1.29 is 4.79 Å². The first-order chi connectivity index (χ1) is 11.2. The molecule has 1 aromatic heterocycles. The van der Waals surface area contributed by atoms with Crippen LogP contribution in [-0.4, -0.2) is 40.5 Å². The fourth-order valence-electron chi connectivity index (χ4n) is 2.62. The lowest BCUT2D eigenvalue weighted by Gasteiger charge is -2.28. The third kappa shape index (κ3) is 4.05. The van der Waals surface area contributed by atoms with E-state index < -0.39 is 0 Å². The molecule has 120 valence electrons. The van der Waals surface area contributed by atoms with Crippen molar-refractivity contribution in [1.82, 2.24) is 15.2 Å². The zero-order valence-electron chi connectivity index (χ0n) is 13.2. The SMILES string of the molecule is C[C@@H](NC(=O)N1CCSCC1)c1ccc(-c2cccnc2)cc1. The number of carbonyl (C=O) groups is 1. The molecular formula is C18H21N3OS. The van der Waals surface area contributed by atoms with Crippen LogP contribution in [0.15, 0.2) is 48.8 Å². The first-order valence-electron chi connectivity index (χ1n) is 7.87. The topological polar surface area (TPSA) is 45.2 Å². The van der Waals surface area contributed by atoms with E-state index in [9.17, 15) is 4.79 Å². The summed E-state index contributed by atoms with van der Waals surface area (Å²) >= 11 is 1.90. The number of nitrogens with one attached hydrogen (secondary N) is 1. The summed E-state index contributed by atoms with van der Waals surface area (Å²) in [5, 5.41) is 3.09. The molecule has 23 heavy (non-hydrogen) atoms. The van der Waals surface area contributed by atoms with Gasteiger partial charge in [0.25, 0.3) is 0 Å². The van der Waals surface area contributed by atoms with E-state index in [0.717, 1.165) is 41.3 Å².